The molecule has 0 aliphatic rings. The van der Waals surface area contributed by atoms with Crippen molar-refractivity contribution in [2.75, 3.05) is 0 Å². The Morgan fingerprint density at radius 3 is 2.23 bits per heavy atom. The molecule has 1 aromatic heterocycles. The van der Waals surface area contributed by atoms with Gasteiger partial charge in [0.05, 0.1) is 5.39 Å². The van der Waals surface area contributed by atoms with Gasteiger partial charge in [0.2, 0.25) is 11.2 Å². The third-order valence-corrected chi connectivity index (χ3v) is 4.71. The molecule has 1 heterocycles. The van der Waals surface area contributed by atoms with E-state index < -0.39 is 29.3 Å². The number of esters is 3. The molecule has 0 unspecified atom stereocenters. The van der Waals surface area contributed by atoms with E-state index >= 15 is 0 Å². The van der Waals surface area contributed by atoms with Crippen molar-refractivity contribution >= 4 is 34.8 Å². The van der Waals surface area contributed by atoms with Crippen LogP contribution in [0.5, 0.6) is 17.2 Å². The van der Waals surface area contributed by atoms with Gasteiger partial charge in [-0.05, 0) is 43.2 Å². The molecule has 35 heavy (non-hydrogen) atoms. The Kier molecular flexibility index (Phi) is 7.98. The second-order valence-corrected chi connectivity index (χ2v) is 7.51. The molecule has 3 rings (SSSR count). The van der Waals surface area contributed by atoms with Crippen LogP contribution < -0.4 is 19.6 Å². The van der Waals surface area contributed by atoms with Gasteiger partial charge in [0.15, 0.2) is 17.3 Å². The minimum Gasteiger partial charge on any atom is -0.481 e. The number of carboxylic acids is 1. The number of carboxylic acid groups (broad SMARTS) is 1. The van der Waals surface area contributed by atoms with Crippen LogP contribution in [-0.2, 0) is 19.2 Å². The summed E-state index contributed by atoms with van der Waals surface area (Å²) in [6, 6.07) is 10.5. The number of rotatable bonds is 9. The zero-order valence-corrected chi connectivity index (χ0v) is 19.0. The van der Waals surface area contributed by atoms with Gasteiger partial charge in [0, 0.05) is 32.3 Å². The van der Waals surface area contributed by atoms with E-state index in [0.717, 1.165) is 6.92 Å². The second-order valence-electron chi connectivity index (χ2n) is 7.51. The van der Waals surface area contributed by atoms with E-state index in [4.69, 9.17) is 23.7 Å². The van der Waals surface area contributed by atoms with E-state index in [-0.39, 0.29) is 65.2 Å². The van der Waals surface area contributed by atoms with Crippen LogP contribution in [0.2, 0.25) is 0 Å². The molecule has 0 bridgehead atoms. The lowest BCUT2D eigenvalue weighted by atomic mass is 10.1. The molecule has 0 atom stereocenters. The number of aliphatic carboxylic acids is 1. The number of fused-ring (bicyclic) bond motifs is 1. The van der Waals surface area contributed by atoms with Crippen molar-refractivity contribution in [3.05, 3.63) is 52.7 Å². The van der Waals surface area contributed by atoms with Crippen molar-refractivity contribution in [1.82, 2.24) is 0 Å². The highest BCUT2D eigenvalue weighted by atomic mass is 16.6. The molecular weight excluding hydrogens is 460 g/mol. The number of unbranched alkanes of at least 4 members (excludes halogenated alkanes) is 1. The fourth-order valence-electron chi connectivity index (χ4n) is 3.24. The lowest BCUT2D eigenvalue weighted by Crippen LogP contribution is -2.14. The normalized spacial score (nSPS) is 10.6. The number of hydrogen-bond acceptors (Lipinski definition) is 9. The van der Waals surface area contributed by atoms with Gasteiger partial charge in [0.25, 0.3) is 0 Å². The van der Waals surface area contributed by atoms with Crippen LogP contribution in [-0.4, -0.2) is 29.0 Å². The molecule has 0 aliphatic carbocycles. The van der Waals surface area contributed by atoms with Gasteiger partial charge in [-0.3, -0.25) is 24.0 Å². The number of ether oxygens (including phenoxy) is 3. The van der Waals surface area contributed by atoms with Gasteiger partial charge >= 0.3 is 23.9 Å². The summed E-state index contributed by atoms with van der Waals surface area (Å²) in [7, 11) is 0. The molecule has 10 nitrogen and oxygen atoms in total. The summed E-state index contributed by atoms with van der Waals surface area (Å²) in [5.41, 5.74) is -0.115. The molecule has 0 radical (unpaired) electrons. The van der Waals surface area contributed by atoms with E-state index in [0.29, 0.717) is 0 Å². The van der Waals surface area contributed by atoms with Gasteiger partial charge in [-0.2, -0.15) is 0 Å². The molecule has 0 amide bonds. The summed E-state index contributed by atoms with van der Waals surface area (Å²) in [5.74, 6) is -3.67. The van der Waals surface area contributed by atoms with Crippen LogP contribution >= 0.6 is 0 Å². The smallest absolute Gasteiger partial charge is 0.311 e. The Labute approximate surface area is 199 Å². The minimum atomic E-state index is -0.969. The number of benzene rings is 2. The maximum absolute atomic E-state index is 13.0. The van der Waals surface area contributed by atoms with Crippen molar-refractivity contribution in [1.29, 1.82) is 0 Å². The van der Waals surface area contributed by atoms with Crippen molar-refractivity contribution in [2.45, 2.75) is 39.5 Å². The maximum atomic E-state index is 13.0. The zero-order valence-electron chi connectivity index (χ0n) is 19.0. The summed E-state index contributed by atoms with van der Waals surface area (Å²) in [4.78, 5) is 59.1. The van der Waals surface area contributed by atoms with Crippen molar-refractivity contribution < 1.29 is 42.9 Å². The lowest BCUT2D eigenvalue weighted by molar-refractivity contribution is -0.138. The average Bonchev–Trinajstić information content (AvgIpc) is 2.79. The predicted molar refractivity (Wildman–Crippen MR) is 122 cm³/mol. The molecule has 1 N–H and O–H groups in total. The molecule has 0 aliphatic heterocycles. The van der Waals surface area contributed by atoms with Gasteiger partial charge in [-0.1, -0.05) is 12.1 Å². The maximum Gasteiger partial charge on any atom is 0.311 e. The number of para-hydroxylation sites is 1. The Balaban J connectivity index is 2.03. The second kappa shape index (κ2) is 11.1. The van der Waals surface area contributed by atoms with E-state index in [2.05, 4.69) is 0 Å². The van der Waals surface area contributed by atoms with Gasteiger partial charge in [-0.15, -0.1) is 0 Å². The molecule has 0 saturated carbocycles. The predicted octanol–water partition coefficient (Wildman–Crippen LogP) is 3.86. The Hall–Kier alpha value is -4.47. The molecular formula is C25H22O10. The molecule has 0 spiro atoms. The van der Waals surface area contributed by atoms with Crippen LogP contribution in [0, 0.1) is 0 Å². The highest BCUT2D eigenvalue weighted by Crippen LogP contribution is 2.37. The molecule has 0 fully saturated rings. The van der Waals surface area contributed by atoms with Crippen LogP contribution in [0.1, 0.15) is 39.5 Å². The molecule has 2 aromatic carbocycles. The first-order valence-electron chi connectivity index (χ1n) is 10.6. The number of hydrogen-bond donors (Lipinski definition) is 1. The van der Waals surface area contributed by atoms with Crippen LogP contribution in [0.25, 0.3) is 22.3 Å². The SMILES string of the molecule is CC(=O)Oc1ccc(-c2oc3ccccc3c(=O)c2OC(C)=O)cc1OC(=O)CCCCC(=O)O. The first-order valence-corrected chi connectivity index (χ1v) is 10.6. The summed E-state index contributed by atoms with van der Waals surface area (Å²) < 4.78 is 21.5. The van der Waals surface area contributed by atoms with Gasteiger partial charge in [0.1, 0.15) is 5.58 Å². The fraction of sp³-hybridized carbons (Fsp3) is 0.240. The monoisotopic (exact) mass is 482 g/mol. The van der Waals surface area contributed by atoms with Gasteiger partial charge < -0.3 is 23.7 Å². The average molecular weight is 482 g/mol. The van der Waals surface area contributed by atoms with Crippen molar-refractivity contribution in [3.63, 3.8) is 0 Å². The summed E-state index contributed by atoms with van der Waals surface area (Å²) in [6.07, 6.45) is 0.418. The third-order valence-electron chi connectivity index (χ3n) is 4.71. The van der Waals surface area contributed by atoms with E-state index in [1.165, 1.54) is 31.2 Å². The quantitative estimate of drug-likeness (QED) is 0.271. The van der Waals surface area contributed by atoms with Crippen LogP contribution in [0.4, 0.5) is 0 Å². The molecule has 0 saturated heterocycles. The Bertz CT molecular complexity index is 1350. The number of carbonyl (C=O) groups is 4. The van der Waals surface area contributed by atoms with Crippen molar-refractivity contribution in [2.24, 2.45) is 0 Å². The van der Waals surface area contributed by atoms with Crippen LogP contribution in [0.15, 0.2) is 51.7 Å². The van der Waals surface area contributed by atoms with E-state index in [1.807, 2.05) is 0 Å². The topological polar surface area (TPSA) is 146 Å². The molecule has 10 heteroatoms. The first-order chi connectivity index (χ1) is 16.7. The van der Waals surface area contributed by atoms with Crippen LogP contribution in [0.3, 0.4) is 0 Å². The summed E-state index contributed by atoms with van der Waals surface area (Å²) >= 11 is 0. The third kappa shape index (κ3) is 6.53. The summed E-state index contributed by atoms with van der Waals surface area (Å²) in [6.45, 7) is 2.31. The van der Waals surface area contributed by atoms with E-state index in [9.17, 15) is 24.0 Å². The van der Waals surface area contributed by atoms with Crippen molar-refractivity contribution in [3.8, 4) is 28.6 Å². The number of carbonyl (C=O) groups excluding carboxylic acids is 3. The largest absolute Gasteiger partial charge is 0.481 e. The van der Waals surface area contributed by atoms with E-state index in [1.54, 1.807) is 18.2 Å². The minimum absolute atomic E-state index is 0.0580. The first kappa shape index (κ1) is 25.2. The Morgan fingerprint density at radius 2 is 1.54 bits per heavy atom. The summed E-state index contributed by atoms with van der Waals surface area (Å²) in [5, 5.41) is 8.91. The van der Waals surface area contributed by atoms with Gasteiger partial charge in [-0.25, -0.2) is 0 Å². The molecule has 3 aromatic rings. The highest BCUT2D eigenvalue weighted by molar-refractivity contribution is 5.85. The zero-order chi connectivity index (χ0) is 25.5. The highest BCUT2D eigenvalue weighted by Gasteiger charge is 2.22. The Morgan fingerprint density at radius 1 is 0.857 bits per heavy atom. The fourth-order valence-corrected chi connectivity index (χ4v) is 3.24. The molecule has 182 valence electrons. The standard InChI is InChI=1S/C25H22O10/c1-14(26)32-19-12-11-16(13-20(19)34-22(30)10-6-5-9-21(28)29)24-25(33-15(2)27)23(31)17-7-3-4-8-18(17)35-24/h3-4,7-8,11-13H,5-6,9-10H2,1-2H3,(H,28,29). The lowest BCUT2D eigenvalue weighted by Gasteiger charge is -2.13.